The van der Waals surface area contributed by atoms with E-state index in [-0.39, 0.29) is 29.6 Å². The summed E-state index contributed by atoms with van der Waals surface area (Å²) in [4.78, 5) is 14.3. The summed E-state index contributed by atoms with van der Waals surface area (Å²) in [5.74, 6) is 0.120. The molecule has 1 fully saturated rings. The molecule has 0 bridgehead atoms. The predicted molar refractivity (Wildman–Crippen MR) is 78.0 cm³/mol. The lowest BCUT2D eigenvalue weighted by atomic mass is 9.77. The maximum Gasteiger partial charge on any atom is 0.220 e. The summed E-state index contributed by atoms with van der Waals surface area (Å²) in [6, 6.07) is 0.253. The van der Waals surface area contributed by atoms with Gasteiger partial charge in [-0.2, -0.15) is 0 Å². The third kappa shape index (κ3) is 4.46. The van der Waals surface area contributed by atoms with E-state index < -0.39 is 0 Å². The molecule has 0 saturated carbocycles. The third-order valence-corrected chi connectivity index (χ3v) is 4.48. The highest BCUT2D eigenvalue weighted by atomic mass is 16.3. The zero-order chi connectivity index (χ0) is 14.7. The molecule has 1 aliphatic rings. The number of carbonyl (C=O) groups is 1. The molecule has 19 heavy (non-hydrogen) atoms. The summed E-state index contributed by atoms with van der Waals surface area (Å²) in [7, 11) is 2.17. The second-order valence-corrected chi connectivity index (χ2v) is 7.04. The molecule has 0 unspecified atom stereocenters. The number of amides is 1. The van der Waals surface area contributed by atoms with Gasteiger partial charge in [-0.25, -0.2) is 0 Å². The fourth-order valence-corrected chi connectivity index (χ4v) is 3.17. The minimum absolute atomic E-state index is 0.102. The highest BCUT2D eigenvalue weighted by molar-refractivity contribution is 5.76. The van der Waals surface area contributed by atoms with E-state index in [2.05, 4.69) is 45.0 Å². The molecule has 0 spiro atoms. The number of hydrogen-bond donors (Lipinski definition) is 2. The molecule has 4 nitrogen and oxygen atoms in total. The first kappa shape index (κ1) is 16.4. The number of rotatable bonds is 5. The Balaban J connectivity index is 2.53. The fourth-order valence-electron chi connectivity index (χ4n) is 3.17. The molecule has 0 aromatic heterocycles. The van der Waals surface area contributed by atoms with Gasteiger partial charge in [0.1, 0.15) is 0 Å². The molecule has 1 rings (SSSR count). The first-order valence-corrected chi connectivity index (χ1v) is 7.33. The summed E-state index contributed by atoms with van der Waals surface area (Å²) >= 11 is 0. The van der Waals surface area contributed by atoms with E-state index in [0.29, 0.717) is 12.8 Å². The lowest BCUT2D eigenvalue weighted by Gasteiger charge is -2.53. The Morgan fingerprint density at radius 3 is 2.21 bits per heavy atom. The lowest BCUT2D eigenvalue weighted by molar-refractivity contribution is -0.123. The number of nitrogens with one attached hydrogen (secondary N) is 1. The van der Waals surface area contributed by atoms with E-state index >= 15 is 0 Å². The van der Waals surface area contributed by atoms with Gasteiger partial charge in [0.15, 0.2) is 0 Å². The van der Waals surface area contributed by atoms with Gasteiger partial charge in [0.2, 0.25) is 5.91 Å². The van der Waals surface area contributed by atoms with Crippen molar-refractivity contribution in [3.05, 3.63) is 0 Å². The minimum Gasteiger partial charge on any atom is -0.396 e. The Morgan fingerprint density at radius 2 is 1.74 bits per heavy atom. The quantitative estimate of drug-likeness (QED) is 0.750. The summed E-state index contributed by atoms with van der Waals surface area (Å²) in [5.41, 5.74) is 0.204. The largest absolute Gasteiger partial charge is 0.396 e. The van der Waals surface area contributed by atoms with Crippen molar-refractivity contribution in [3.8, 4) is 0 Å². The topological polar surface area (TPSA) is 52.6 Å². The number of nitrogens with zero attached hydrogens (tertiary/aromatic N) is 1. The van der Waals surface area contributed by atoms with E-state index in [9.17, 15) is 4.79 Å². The highest BCUT2D eigenvalue weighted by Crippen LogP contribution is 2.36. The number of piperidine rings is 1. The van der Waals surface area contributed by atoms with Crippen molar-refractivity contribution in [3.63, 3.8) is 0 Å². The number of hydrogen-bond acceptors (Lipinski definition) is 3. The van der Waals surface area contributed by atoms with Crippen molar-refractivity contribution in [2.75, 3.05) is 13.7 Å². The second kappa shape index (κ2) is 6.23. The molecule has 0 radical (unpaired) electrons. The smallest absolute Gasteiger partial charge is 0.220 e. The van der Waals surface area contributed by atoms with Crippen LogP contribution in [0, 0.1) is 0 Å². The van der Waals surface area contributed by atoms with Crippen LogP contribution in [0.4, 0.5) is 0 Å². The maximum atomic E-state index is 11.9. The van der Waals surface area contributed by atoms with Crippen LogP contribution < -0.4 is 5.32 Å². The summed E-state index contributed by atoms with van der Waals surface area (Å²) < 4.78 is 0. The van der Waals surface area contributed by atoms with Crippen LogP contribution in [0.25, 0.3) is 0 Å². The van der Waals surface area contributed by atoms with E-state index in [1.54, 1.807) is 0 Å². The van der Waals surface area contributed by atoms with E-state index in [1.165, 1.54) is 0 Å². The molecule has 1 heterocycles. The van der Waals surface area contributed by atoms with Crippen LogP contribution in [0.3, 0.4) is 0 Å². The van der Waals surface area contributed by atoms with Gasteiger partial charge in [0, 0.05) is 30.1 Å². The van der Waals surface area contributed by atoms with Gasteiger partial charge >= 0.3 is 0 Å². The monoisotopic (exact) mass is 270 g/mol. The second-order valence-electron chi connectivity index (χ2n) is 7.04. The molecular weight excluding hydrogens is 240 g/mol. The molecule has 1 saturated heterocycles. The van der Waals surface area contributed by atoms with Gasteiger partial charge < -0.3 is 10.4 Å². The van der Waals surface area contributed by atoms with Crippen LogP contribution in [0.5, 0.6) is 0 Å². The Kier molecular flexibility index (Phi) is 5.39. The van der Waals surface area contributed by atoms with Gasteiger partial charge in [-0.1, -0.05) is 0 Å². The van der Waals surface area contributed by atoms with Gasteiger partial charge in [-0.3, -0.25) is 9.69 Å². The Labute approximate surface area is 117 Å². The minimum atomic E-state index is 0.102. The molecule has 0 aliphatic carbocycles. The Bertz CT molecular complexity index is 295. The molecular formula is C15H30N2O2. The summed E-state index contributed by atoms with van der Waals surface area (Å²) in [6.45, 7) is 9.11. The SMILES string of the molecule is CN1C(C)(C)CC(NC(=O)CCCCO)CC1(C)C. The molecule has 1 amide bonds. The first-order valence-electron chi connectivity index (χ1n) is 7.33. The van der Waals surface area contributed by atoms with E-state index in [4.69, 9.17) is 5.11 Å². The number of aliphatic hydroxyl groups is 1. The van der Waals surface area contributed by atoms with Gasteiger partial charge in [-0.05, 0) is 60.4 Å². The van der Waals surface area contributed by atoms with E-state index in [0.717, 1.165) is 19.3 Å². The average Bonchev–Trinajstić information content (AvgIpc) is 2.25. The molecule has 112 valence electrons. The van der Waals surface area contributed by atoms with Crippen molar-refractivity contribution < 1.29 is 9.90 Å². The van der Waals surface area contributed by atoms with Crippen molar-refractivity contribution in [1.82, 2.24) is 10.2 Å². The predicted octanol–water partition coefficient (Wildman–Crippen LogP) is 1.92. The van der Waals surface area contributed by atoms with Crippen molar-refractivity contribution in [2.24, 2.45) is 0 Å². The first-order chi connectivity index (χ1) is 8.69. The molecule has 0 atom stereocenters. The van der Waals surface area contributed by atoms with Crippen LogP contribution >= 0.6 is 0 Å². The fraction of sp³-hybridized carbons (Fsp3) is 0.933. The van der Waals surface area contributed by atoms with Gasteiger partial charge in [0.05, 0.1) is 0 Å². The maximum absolute atomic E-state index is 11.9. The van der Waals surface area contributed by atoms with Crippen molar-refractivity contribution in [2.45, 2.75) is 76.9 Å². The van der Waals surface area contributed by atoms with Crippen LogP contribution in [0.15, 0.2) is 0 Å². The lowest BCUT2D eigenvalue weighted by Crippen LogP contribution is -2.62. The van der Waals surface area contributed by atoms with Crippen LogP contribution in [-0.2, 0) is 4.79 Å². The van der Waals surface area contributed by atoms with Gasteiger partial charge in [0.25, 0.3) is 0 Å². The normalized spacial score (nSPS) is 23.3. The summed E-state index contributed by atoms with van der Waals surface area (Å²) in [5, 5.41) is 11.9. The van der Waals surface area contributed by atoms with Gasteiger partial charge in [-0.15, -0.1) is 0 Å². The summed E-state index contributed by atoms with van der Waals surface area (Å²) in [6.07, 6.45) is 3.96. The van der Waals surface area contributed by atoms with Crippen molar-refractivity contribution in [1.29, 1.82) is 0 Å². The molecule has 2 N–H and O–H groups in total. The Hall–Kier alpha value is -0.610. The average molecular weight is 270 g/mol. The number of unbranched alkanes of at least 4 members (excludes halogenated alkanes) is 1. The standard InChI is InChI=1S/C15H30N2O2/c1-14(2)10-12(11-15(3,4)17(14)5)16-13(19)8-6-7-9-18/h12,18H,6-11H2,1-5H3,(H,16,19). The molecule has 0 aromatic carbocycles. The third-order valence-electron chi connectivity index (χ3n) is 4.48. The molecule has 1 aliphatic heterocycles. The number of carbonyl (C=O) groups excluding carboxylic acids is 1. The van der Waals surface area contributed by atoms with Crippen LogP contribution in [-0.4, -0.2) is 46.7 Å². The molecule has 4 heteroatoms. The zero-order valence-electron chi connectivity index (χ0n) is 13.1. The Morgan fingerprint density at radius 1 is 1.21 bits per heavy atom. The highest BCUT2D eigenvalue weighted by Gasteiger charge is 2.43. The van der Waals surface area contributed by atoms with Crippen LogP contribution in [0.1, 0.15) is 59.8 Å². The van der Waals surface area contributed by atoms with E-state index in [1.807, 2.05) is 0 Å². The zero-order valence-corrected chi connectivity index (χ0v) is 13.1. The van der Waals surface area contributed by atoms with Crippen molar-refractivity contribution >= 4 is 5.91 Å². The number of likely N-dealkylation sites (tertiary alicyclic amines) is 1. The number of aliphatic hydroxyl groups excluding tert-OH is 1. The molecule has 0 aromatic rings. The van der Waals surface area contributed by atoms with Crippen LogP contribution in [0.2, 0.25) is 0 Å².